The van der Waals surface area contributed by atoms with E-state index in [1.165, 1.54) is 24.9 Å². The van der Waals surface area contributed by atoms with Crippen molar-refractivity contribution in [1.29, 1.82) is 0 Å². The first-order valence-corrected chi connectivity index (χ1v) is 9.28. The smallest absolute Gasteiger partial charge is 0.319 e. The lowest BCUT2D eigenvalue weighted by Crippen LogP contribution is -2.31. The highest BCUT2D eigenvalue weighted by atomic mass is 16.5. The lowest BCUT2D eigenvalue weighted by molar-refractivity contribution is 0.252. The number of benzene rings is 2. The lowest BCUT2D eigenvalue weighted by atomic mass is 10.1. The van der Waals surface area contributed by atoms with Crippen molar-refractivity contribution < 1.29 is 9.53 Å². The van der Waals surface area contributed by atoms with E-state index in [2.05, 4.69) is 21.6 Å². The number of hydrogen-bond donors (Lipinski definition) is 2. The molecule has 2 N–H and O–H groups in total. The monoisotopic (exact) mass is 353 g/mol. The minimum absolute atomic E-state index is 0.185. The molecule has 2 aromatic carbocycles. The van der Waals surface area contributed by atoms with E-state index in [0.717, 1.165) is 36.5 Å². The first-order valence-electron chi connectivity index (χ1n) is 9.28. The van der Waals surface area contributed by atoms with Crippen molar-refractivity contribution in [2.24, 2.45) is 0 Å². The Kier molecular flexibility index (Phi) is 6.36. The van der Waals surface area contributed by atoms with Gasteiger partial charge in [-0.15, -0.1) is 0 Å². The molecule has 0 spiro atoms. The van der Waals surface area contributed by atoms with E-state index in [4.69, 9.17) is 4.74 Å². The molecule has 1 saturated heterocycles. The summed E-state index contributed by atoms with van der Waals surface area (Å²) in [4.78, 5) is 14.6. The Morgan fingerprint density at radius 2 is 1.88 bits per heavy atom. The van der Waals surface area contributed by atoms with Crippen molar-refractivity contribution in [2.75, 3.05) is 37.0 Å². The Morgan fingerprint density at radius 1 is 1.08 bits per heavy atom. The van der Waals surface area contributed by atoms with Crippen LogP contribution in [0.25, 0.3) is 0 Å². The summed E-state index contributed by atoms with van der Waals surface area (Å²) in [5.41, 5.74) is 3.08. The maximum Gasteiger partial charge on any atom is 0.319 e. The molecular formula is C21H27N3O2. The lowest BCUT2D eigenvalue weighted by Gasteiger charge is -2.29. The summed E-state index contributed by atoms with van der Waals surface area (Å²) in [7, 11) is 1.66. The van der Waals surface area contributed by atoms with Crippen LogP contribution in [0.15, 0.2) is 48.5 Å². The Labute approximate surface area is 155 Å². The summed E-state index contributed by atoms with van der Waals surface area (Å²) in [6.07, 6.45) is 4.51. The number of nitrogens with zero attached hydrogens (tertiary/aromatic N) is 1. The number of anilines is 2. The normalized spacial score (nSPS) is 14.0. The highest BCUT2D eigenvalue weighted by Gasteiger charge is 2.11. The quantitative estimate of drug-likeness (QED) is 0.824. The summed E-state index contributed by atoms with van der Waals surface area (Å²) < 4.78 is 5.34. The number of urea groups is 1. The molecule has 26 heavy (non-hydrogen) atoms. The van der Waals surface area contributed by atoms with Crippen molar-refractivity contribution in [3.8, 4) is 5.75 Å². The number of para-hydroxylation sites is 1. The topological polar surface area (TPSA) is 53.6 Å². The van der Waals surface area contributed by atoms with Crippen molar-refractivity contribution in [2.45, 2.75) is 25.7 Å². The van der Waals surface area contributed by atoms with Crippen LogP contribution in [0.4, 0.5) is 16.2 Å². The fraction of sp³-hybridized carbons (Fsp3) is 0.381. The van der Waals surface area contributed by atoms with Crippen molar-refractivity contribution in [1.82, 2.24) is 5.32 Å². The number of piperidine rings is 1. The Hall–Kier alpha value is -2.69. The molecule has 2 aromatic rings. The zero-order chi connectivity index (χ0) is 18.2. The molecule has 0 saturated carbocycles. The average Bonchev–Trinajstić information content (AvgIpc) is 2.69. The third kappa shape index (κ3) is 4.91. The van der Waals surface area contributed by atoms with E-state index in [9.17, 15) is 4.79 Å². The van der Waals surface area contributed by atoms with Gasteiger partial charge in [-0.2, -0.15) is 0 Å². The van der Waals surface area contributed by atoms with Crippen LogP contribution < -0.4 is 20.3 Å². The first-order chi connectivity index (χ1) is 12.8. The maximum atomic E-state index is 12.2. The second-order valence-electron chi connectivity index (χ2n) is 6.54. The highest BCUT2D eigenvalue weighted by molar-refractivity contribution is 5.89. The van der Waals surface area contributed by atoms with Gasteiger partial charge in [-0.25, -0.2) is 4.79 Å². The van der Waals surface area contributed by atoms with Crippen molar-refractivity contribution in [3.63, 3.8) is 0 Å². The third-order valence-corrected chi connectivity index (χ3v) is 4.70. The molecule has 1 aliphatic heterocycles. The zero-order valence-electron chi connectivity index (χ0n) is 15.3. The minimum Gasteiger partial charge on any atom is -0.496 e. The number of rotatable bonds is 6. The predicted octanol–water partition coefficient (Wildman–Crippen LogP) is 4.05. The van der Waals surface area contributed by atoms with Crippen LogP contribution in [0.3, 0.4) is 0 Å². The van der Waals surface area contributed by atoms with Gasteiger partial charge in [0.2, 0.25) is 0 Å². The van der Waals surface area contributed by atoms with Gasteiger partial charge in [-0.05, 0) is 55.5 Å². The molecule has 0 atom stereocenters. The van der Waals surface area contributed by atoms with Gasteiger partial charge in [0.25, 0.3) is 0 Å². The number of ether oxygens (including phenoxy) is 1. The SMILES string of the molecule is COc1ccccc1CCNC(=O)Nc1cccc(N2CCCCC2)c1. The van der Waals surface area contributed by atoms with Crippen molar-refractivity contribution >= 4 is 17.4 Å². The summed E-state index contributed by atoms with van der Waals surface area (Å²) in [6.45, 7) is 2.74. The Balaban J connectivity index is 1.50. The number of hydrogen-bond acceptors (Lipinski definition) is 3. The summed E-state index contributed by atoms with van der Waals surface area (Å²) in [6, 6.07) is 15.8. The molecule has 5 heteroatoms. The molecule has 1 fully saturated rings. The molecule has 1 aliphatic rings. The van der Waals surface area contributed by atoms with Gasteiger partial charge in [0.05, 0.1) is 7.11 Å². The van der Waals surface area contributed by atoms with Gasteiger partial charge in [0, 0.05) is 31.0 Å². The van der Waals surface area contributed by atoms with E-state index in [-0.39, 0.29) is 6.03 Å². The fourth-order valence-electron chi connectivity index (χ4n) is 3.33. The minimum atomic E-state index is -0.185. The van der Waals surface area contributed by atoms with Crippen LogP contribution in [-0.2, 0) is 6.42 Å². The Bertz CT molecular complexity index is 727. The van der Waals surface area contributed by atoms with Gasteiger partial charge in [0.15, 0.2) is 0 Å². The number of methoxy groups -OCH3 is 1. The van der Waals surface area contributed by atoms with Crippen molar-refractivity contribution in [3.05, 3.63) is 54.1 Å². The van der Waals surface area contributed by atoms with E-state index in [0.29, 0.717) is 6.54 Å². The van der Waals surface area contributed by atoms with E-state index < -0.39 is 0 Å². The third-order valence-electron chi connectivity index (χ3n) is 4.70. The van der Waals surface area contributed by atoms with E-state index in [1.54, 1.807) is 7.11 Å². The average molecular weight is 353 g/mol. The highest BCUT2D eigenvalue weighted by Crippen LogP contribution is 2.23. The number of carbonyl (C=O) groups excluding carboxylic acids is 1. The first kappa shape index (κ1) is 18.1. The molecule has 1 heterocycles. The van der Waals surface area contributed by atoms with Crippen LogP contribution in [0.5, 0.6) is 5.75 Å². The molecule has 138 valence electrons. The molecule has 0 radical (unpaired) electrons. The fourth-order valence-corrected chi connectivity index (χ4v) is 3.33. The number of amides is 2. The largest absolute Gasteiger partial charge is 0.496 e. The second kappa shape index (κ2) is 9.13. The van der Waals surface area contributed by atoms with Gasteiger partial charge in [-0.1, -0.05) is 24.3 Å². The molecule has 0 aromatic heterocycles. The van der Waals surface area contributed by atoms with Crippen LogP contribution >= 0.6 is 0 Å². The summed E-state index contributed by atoms with van der Waals surface area (Å²) in [5.74, 6) is 0.851. The molecule has 0 unspecified atom stereocenters. The van der Waals surface area contributed by atoms with Crippen LogP contribution in [0, 0.1) is 0 Å². The van der Waals surface area contributed by atoms with Crippen LogP contribution in [0.1, 0.15) is 24.8 Å². The van der Waals surface area contributed by atoms with Gasteiger partial charge >= 0.3 is 6.03 Å². The van der Waals surface area contributed by atoms with E-state index >= 15 is 0 Å². The molecule has 0 bridgehead atoms. The summed E-state index contributed by atoms with van der Waals surface area (Å²) >= 11 is 0. The maximum absolute atomic E-state index is 12.2. The second-order valence-corrected chi connectivity index (χ2v) is 6.54. The van der Waals surface area contributed by atoms with Crippen LogP contribution in [0.2, 0.25) is 0 Å². The van der Waals surface area contributed by atoms with Gasteiger partial charge < -0.3 is 20.3 Å². The Morgan fingerprint density at radius 3 is 2.69 bits per heavy atom. The molecule has 3 rings (SSSR count). The predicted molar refractivity (Wildman–Crippen MR) is 106 cm³/mol. The molecule has 5 nitrogen and oxygen atoms in total. The zero-order valence-corrected chi connectivity index (χ0v) is 15.3. The molecule has 2 amide bonds. The van der Waals surface area contributed by atoms with Gasteiger partial charge in [-0.3, -0.25) is 0 Å². The standard InChI is InChI=1S/C21H27N3O2/c1-26-20-11-4-3-8-17(20)12-13-22-21(25)23-18-9-7-10-19(16-18)24-14-5-2-6-15-24/h3-4,7-11,16H,2,5-6,12-15H2,1H3,(H2,22,23,25). The molecular weight excluding hydrogens is 326 g/mol. The van der Waals surface area contributed by atoms with Gasteiger partial charge in [0.1, 0.15) is 5.75 Å². The summed E-state index contributed by atoms with van der Waals surface area (Å²) in [5, 5.41) is 5.84. The molecule has 0 aliphatic carbocycles. The number of carbonyl (C=O) groups is 1. The van der Waals surface area contributed by atoms with E-state index in [1.807, 2.05) is 42.5 Å². The number of nitrogens with one attached hydrogen (secondary N) is 2. The van der Waals surface area contributed by atoms with Crippen LogP contribution in [-0.4, -0.2) is 32.8 Å².